The van der Waals surface area contributed by atoms with E-state index in [1.165, 1.54) is 0 Å². The van der Waals surface area contributed by atoms with Crippen LogP contribution in [-0.2, 0) is 16.1 Å². The van der Waals surface area contributed by atoms with Crippen molar-refractivity contribution in [1.29, 1.82) is 0 Å². The number of aliphatic hydroxyl groups is 1. The summed E-state index contributed by atoms with van der Waals surface area (Å²) in [6.45, 7) is 5.63. The second-order valence-corrected chi connectivity index (χ2v) is 5.00. The summed E-state index contributed by atoms with van der Waals surface area (Å²) in [4.78, 5) is 0. The van der Waals surface area contributed by atoms with Crippen molar-refractivity contribution in [2.75, 3.05) is 25.7 Å². The van der Waals surface area contributed by atoms with Crippen LogP contribution >= 0.6 is 11.6 Å². The van der Waals surface area contributed by atoms with E-state index in [1.807, 2.05) is 38.1 Å². The van der Waals surface area contributed by atoms with Crippen molar-refractivity contribution < 1.29 is 19.3 Å². The van der Waals surface area contributed by atoms with E-state index in [-0.39, 0.29) is 24.7 Å². The number of rotatable bonds is 10. The van der Waals surface area contributed by atoms with Gasteiger partial charge in [-0.2, -0.15) is 0 Å². The molecule has 0 radical (unpaired) electrons. The predicted octanol–water partition coefficient (Wildman–Crippen LogP) is 2.61. The van der Waals surface area contributed by atoms with E-state index in [2.05, 4.69) is 0 Å². The molecule has 1 aromatic carbocycles. The average molecular weight is 303 g/mol. The molecule has 0 saturated carbocycles. The Morgan fingerprint density at radius 3 is 2.40 bits per heavy atom. The molecule has 4 nitrogen and oxygen atoms in total. The molecule has 0 aliphatic heterocycles. The highest BCUT2D eigenvalue weighted by Crippen LogP contribution is 2.15. The van der Waals surface area contributed by atoms with E-state index in [1.54, 1.807) is 0 Å². The molecular weight excluding hydrogens is 280 g/mol. The highest BCUT2D eigenvalue weighted by Gasteiger charge is 2.07. The van der Waals surface area contributed by atoms with Gasteiger partial charge < -0.3 is 19.3 Å². The molecule has 0 aliphatic rings. The zero-order valence-corrected chi connectivity index (χ0v) is 12.8. The van der Waals surface area contributed by atoms with Gasteiger partial charge in [-0.05, 0) is 31.5 Å². The first-order chi connectivity index (χ1) is 9.65. The molecule has 1 aromatic rings. The molecule has 0 amide bonds. The van der Waals surface area contributed by atoms with Gasteiger partial charge in [-0.15, -0.1) is 11.6 Å². The number of ether oxygens (including phenoxy) is 3. The number of aliphatic hydroxyl groups excluding tert-OH is 1. The van der Waals surface area contributed by atoms with Gasteiger partial charge in [-0.1, -0.05) is 12.1 Å². The van der Waals surface area contributed by atoms with E-state index in [9.17, 15) is 0 Å². The van der Waals surface area contributed by atoms with Crippen LogP contribution in [0.25, 0.3) is 0 Å². The third-order valence-electron chi connectivity index (χ3n) is 2.55. The number of hydrogen-bond acceptors (Lipinski definition) is 4. The lowest BCUT2D eigenvalue weighted by molar-refractivity contribution is 0.0143. The smallest absolute Gasteiger partial charge is 0.135 e. The molecule has 1 rings (SSSR count). The van der Waals surface area contributed by atoms with E-state index in [0.717, 1.165) is 5.56 Å². The molecule has 1 atom stereocenters. The molecule has 0 heterocycles. The molecular formula is C15H23ClO4. The Morgan fingerprint density at radius 1 is 1.15 bits per heavy atom. The molecule has 0 aliphatic carbocycles. The largest absolute Gasteiger partial charge is 0.487 e. The fourth-order valence-electron chi connectivity index (χ4n) is 1.51. The minimum atomic E-state index is -0.369. The van der Waals surface area contributed by atoms with Crippen molar-refractivity contribution in [3.8, 4) is 5.75 Å². The summed E-state index contributed by atoms with van der Waals surface area (Å²) in [6.07, 6.45) is -0.136. The zero-order chi connectivity index (χ0) is 14.8. The van der Waals surface area contributed by atoms with Gasteiger partial charge in [0.25, 0.3) is 0 Å². The van der Waals surface area contributed by atoms with Crippen molar-refractivity contribution in [1.82, 2.24) is 0 Å². The summed E-state index contributed by atoms with van der Waals surface area (Å²) < 4.78 is 16.4. The number of alkyl halides is 1. The topological polar surface area (TPSA) is 47.9 Å². The monoisotopic (exact) mass is 302 g/mol. The van der Waals surface area contributed by atoms with Gasteiger partial charge in [0.1, 0.15) is 11.9 Å². The molecule has 0 saturated heterocycles. The minimum Gasteiger partial charge on any atom is -0.487 e. The van der Waals surface area contributed by atoms with Crippen LogP contribution in [0.3, 0.4) is 0 Å². The van der Waals surface area contributed by atoms with E-state index < -0.39 is 0 Å². The molecule has 5 heteroatoms. The van der Waals surface area contributed by atoms with Crippen molar-refractivity contribution in [2.45, 2.75) is 32.7 Å². The molecule has 1 unspecified atom stereocenters. The number of halogens is 1. The molecule has 0 fully saturated rings. The number of benzene rings is 1. The predicted molar refractivity (Wildman–Crippen MR) is 79.4 cm³/mol. The molecule has 20 heavy (non-hydrogen) atoms. The van der Waals surface area contributed by atoms with Crippen LogP contribution in [0, 0.1) is 0 Å². The first kappa shape index (κ1) is 17.2. The maximum atomic E-state index is 9.01. The van der Waals surface area contributed by atoms with E-state index in [0.29, 0.717) is 25.6 Å². The van der Waals surface area contributed by atoms with Crippen LogP contribution < -0.4 is 4.74 Å². The molecule has 114 valence electrons. The maximum absolute atomic E-state index is 9.01. The standard InChI is InChI=1S/C15H23ClO4/c1-12(2)19-8-7-18-11-13-3-5-14(6-4-13)20-15(9-16)10-17/h3-6,12,15,17H,7-11H2,1-2H3. The first-order valence-corrected chi connectivity index (χ1v) is 7.31. The van der Waals surface area contributed by atoms with Gasteiger partial charge in [0, 0.05) is 0 Å². The van der Waals surface area contributed by atoms with Gasteiger partial charge in [0.15, 0.2) is 0 Å². The van der Waals surface area contributed by atoms with Crippen LogP contribution in [-0.4, -0.2) is 43.0 Å². The van der Waals surface area contributed by atoms with Crippen molar-refractivity contribution in [2.24, 2.45) is 0 Å². The van der Waals surface area contributed by atoms with Gasteiger partial charge in [0.2, 0.25) is 0 Å². The van der Waals surface area contributed by atoms with Gasteiger partial charge >= 0.3 is 0 Å². The SMILES string of the molecule is CC(C)OCCOCc1ccc(OC(CO)CCl)cc1. The summed E-state index contributed by atoms with van der Waals surface area (Å²) >= 11 is 5.65. The Hall–Kier alpha value is -0.810. The zero-order valence-electron chi connectivity index (χ0n) is 12.0. The first-order valence-electron chi connectivity index (χ1n) is 6.77. The van der Waals surface area contributed by atoms with Crippen LogP contribution in [0.5, 0.6) is 5.75 Å². The van der Waals surface area contributed by atoms with E-state index in [4.69, 9.17) is 30.9 Å². The fourth-order valence-corrected chi connectivity index (χ4v) is 1.67. The Balaban J connectivity index is 2.28. The second-order valence-electron chi connectivity index (χ2n) is 4.69. The van der Waals surface area contributed by atoms with Crippen molar-refractivity contribution in [3.63, 3.8) is 0 Å². The summed E-state index contributed by atoms with van der Waals surface area (Å²) in [6, 6.07) is 7.56. The molecule has 0 bridgehead atoms. The normalized spacial score (nSPS) is 12.7. The highest BCUT2D eigenvalue weighted by atomic mass is 35.5. The van der Waals surface area contributed by atoms with Gasteiger partial charge in [-0.25, -0.2) is 0 Å². The van der Waals surface area contributed by atoms with E-state index >= 15 is 0 Å². The van der Waals surface area contributed by atoms with Crippen LogP contribution in [0.15, 0.2) is 24.3 Å². The Kier molecular flexibility index (Phi) is 8.62. The van der Waals surface area contributed by atoms with Gasteiger partial charge in [0.05, 0.1) is 38.4 Å². The molecule has 0 spiro atoms. The molecule has 0 aromatic heterocycles. The lowest BCUT2D eigenvalue weighted by atomic mass is 10.2. The average Bonchev–Trinajstić information content (AvgIpc) is 2.45. The van der Waals surface area contributed by atoms with Crippen LogP contribution in [0.2, 0.25) is 0 Å². The summed E-state index contributed by atoms with van der Waals surface area (Å²) in [7, 11) is 0. The fraction of sp³-hybridized carbons (Fsp3) is 0.600. The Labute approximate surface area is 125 Å². The van der Waals surface area contributed by atoms with Crippen LogP contribution in [0.1, 0.15) is 19.4 Å². The quantitative estimate of drug-likeness (QED) is 0.533. The third kappa shape index (κ3) is 7.10. The molecule has 1 N–H and O–H groups in total. The summed E-state index contributed by atoms with van der Waals surface area (Å²) in [5.74, 6) is 0.952. The highest BCUT2D eigenvalue weighted by molar-refractivity contribution is 6.18. The third-order valence-corrected chi connectivity index (χ3v) is 2.89. The summed E-state index contributed by atoms with van der Waals surface area (Å²) in [5.41, 5.74) is 1.06. The van der Waals surface area contributed by atoms with Gasteiger partial charge in [-0.3, -0.25) is 0 Å². The van der Waals surface area contributed by atoms with Crippen molar-refractivity contribution >= 4 is 11.6 Å². The summed E-state index contributed by atoms with van der Waals surface area (Å²) in [5, 5.41) is 9.01. The number of hydrogen-bond donors (Lipinski definition) is 1. The van der Waals surface area contributed by atoms with Crippen LogP contribution in [0.4, 0.5) is 0 Å². The lowest BCUT2D eigenvalue weighted by Crippen LogP contribution is -2.22. The Bertz CT molecular complexity index is 349. The van der Waals surface area contributed by atoms with Crippen molar-refractivity contribution in [3.05, 3.63) is 29.8 Å². The second kappa shape index (κ2) is 10.00. The lowest BCUT2D eigenvalue weighted by Gasteiger charge is -2.14. The Morgan fingerprint density at radius 2 is 1.85 bits per heavy atom. The minimum absolute atomic E-state index is 0.0930. The maximum Gasteiger partial charge on any atom is 0.135 e.